The van der Waals surface area contributed by atoms with Crippen molar-refractivity contribution in [2.24, 2.45) is 22.7 Å². The van der Waals surface area contributed by atoms with Gasteiger partial charge in [-0.05, 0) is 80.5 Å². The van der Waals surface area contributed by atoms with Gasteiger partial charge in [0.25, 0.3) is 0 Å². The molecule has 0 aliphatic heterocycles. The van der Waals surface area contributed by atoms with Gasteiger partial charge in [0, 0.05) is 0 Å². The van der Waals surface area contributed by atoms with Gasteiger partial charge in [-0.3, -0.25) is 0 Å². The standard InChI is InChI=1S/C23H36/c1-5-15-23(18-13-21(7-3)14-19-23)22(8-4)16-9-11-20(6-2)12-10-17-22/h5-8,20-21H,1-4,9-19H2. The SMILES string of the molecule is C=CCC1(C2(C=C)CCCC(C=C)CCC2)CCC(C=C)CC1. The van der Waals surface area contributed by atoms with Crippen molar-refractivity contribution in [3.8, 4) is 0 Å². The van der Waals surface area contributed by atoms with E-state index < -0.39 is 0 Å². The van der Waals surface area contributed by atoms with Crippen LogP contribution in [0, 0.1) is 22.7 Å². The van der Waals surface area contributed by atoms with Gasteiger partial charge in [-0.1, -0.05) is 37.1 Å². The first-order chi connectivity index (χ1) is 11.1. The van der Waals surface area contributed by atoms with Crippen LogP contribution >= 0.6 is 0 Å². The predicted octanol–water partition coefficient (Wildman–Crippen LogP) is 7.25. The molecule has 0 nitrogen and oxygen atoms in total. The molecule has 2 aliphatic carbocycles. The van der Waals surface area contributed by atoms with E-state index in [4.69, 9.17) is 0 Å². The van der Waals surface area contributed by atoms with E-state index in [0.29, 0.717) is 16.7 Å². The molecule has 0 unspecified atom stereocenters. The van der Waals surface area contributed by atoms with E-state index in [2.05, 4.69) is 50.6 Å². The summed E-state index contributed by atoms with van der Waals surface area (Å²) in [6, 6.07) is 0. The van der Waals surface area contributed by atoms with Gasteiger partial charge in [0.2, 0.25) is 0 Å². The average molecular weight is 313 g/mol. The van der Waals surface area contributed by atoms with Crippen molar-refractivity contribution >= 4 is 0 Å². The van der Waals surface area contributed by atoms with Crippen molar-refractivity contribution < 1.29 is 0 Å². The highest BCUT2D eigenvalue weighted by molar-refractivity contribution is 5.11. The van der Waals surface area contributed by atoms with Crippen LogP contribution in [-0.2, 0) is 0 Å². The molecule has 0 heterocycles. The number of allylic oxidation sites excluding steroid dienone is 4. The Kier molecular flexibility index (Phi) is 6.50. The smallest absolute Gasteiger partial charge is 0.00615 e. The second-order valence-corrected chi connectivity index (χ2v) is 7.99. The second kappa shape index (κ2) is 8.18. The molecule has 0 atom stereocenters. The lowest BCUT2D eigenvalue weighted by atomic mass is 9.51. The number of rotatable bonds is 6. The largest absolute Gasteiger partial charge is 0.103 e. The van der Waals surface area contributed by atoms with Crippen molar-refractivity contribution in [3.05, 3.63) is 50.6 Å². The Bertz CT molecular complexity index is 409. The molecular formula is C23H36. The van der Waals surface area contributed by atoms with E-state index in [1.165, 1.54) is 64.2 Å². The van der Waals surface area contributed by atoms with E-state index in [9.17, 15) is 0 Å². The van der Waals surface area contributed by atoms with Crippen molar-refractivity contribution in [1.29, 1.82) is 0 Å². The van der Waals surface area contributed by atoms with Crippen molar-refractivity contribution in [3.63, 3.8) is 0 Å². The zero-order chi connectivity index (χ0) is 16.8. The molecular weight excluding hydrogens is 276 g/mol. The van der Waals surface area contributed by atoms with Crippen LogP contribution in [0.25, 0.3) is 0 Å². The van der Waals surface area contributed by atoms with Crippen LogP contribution in [-0.4, -0.2) is 0 Å². The Labute approximate surface area is 144 Å². The lowest BCUT2D eigenvalue weighted by Crippen LogP contribution is -2.44. The van der Waals surface area contributed by atoms with Gasteiger partial charge in [-0.2, -0.15) is 0 Å². The third-order valence-electron chi connectivity index (χ3n) is 7.03. The minimum absolute atomic E-state index is 0.305. The third-order valence-corrected chi connectivity index (χ3v) is 7.03. The minimum Gasteiger partial charge on any atom is -0.103 e. The van der Waals surface area contributed by atoms with E-state index in [1.807, 2.05) is 0 Å². The summed E-state index contributed by atoms with van der Waals surface area (Å²) < 4.78 is 0. The summed E-state index contributed by atoms with van der Waals surface area (Å²) in [5, 5.41) is 0. The van der Waals surface area contributed by atoms with Crippen LogP contribution in [0.4, 0.5) is 0 Å². The highest BCUT2D eigenvalue weighted by Gasteiger charge is 2.49. The van der Waals surface area contributed by atoms with E-state index >= 15 is 0 Å². The molecule has 23 heavy (non-hydrogen) atoms. The molecule has 2 rings (SSSR count). The molecule has 0 aromatic carbocycles. The molecule has 0 heteroatoms. The first-order valence-corrected chi connectivity index (χ1v) is 9.65. The number of hydrogen-bond donors (Lipinski definition) is 0. The summed E-state index contributed by atoms with van der Waals surface area (Å²) in [6.45, 7) is 16.5. The molecule has 0 amide bonds. The Morgan fingerprint density at radius 3 is 1.70 bits per heavy atom. The predicted molar refractivity (Wildman–Crippen MR) is 103 cm³/mol. The van der Waals surface area contributed by atoms with E-state index in [1.54, 1.807) is 0 Å². The quantitative estimate of drug-likeness (QED) is 0.453. The summed E-state index contributed by atoms with van der Waals surface area (Å²) in [5.41, 5.74) is 0.691. The highest BCUT2D eigenvalue weighted by atomic mass is 14.5. The van der Waals surface area contributed by atoms with Crippen molar-refractivity contribution in [1.82, 2.24) is 0 Å². The average Bonchev–Trinajstić information content (AvgIpc) is 2.56. The molecule has 0 radical (unpaired) electrons. The summed E-state index contributed by atoms with van der Waals surface area (Å²) in [5.74, 6) is 1.44. The highest BCUT2D eigenvalue weighted by Crippen LogP contribution is 2.59. The van der Waals surface area contributed by atoms with Gasteiger partial charge >= 0.3 is 0 Å². The maximum Gasteiger partial charge on any atom is -0.00615 e. The summed E-state index contributed by atoms with van der Waals surface area (Å²) in [7, 11) is 0. The summed E-state index contributed by atoms with van der Waals surface area (Å²) in [6.07, 6.45) is 23.1. The van der Waals surface area contributed by atoms with Gasteiger partial charge in [-0.15, -0.1) is 26.3 Å². The zero-order valence-electron chi connectivity index (χ0n) is 15.1. The Morgan fingerprint density at radius 1 is 0.739 bits per heavy atom. The van der Waals surface area contributed by atoms with Crippen molar-refractivity contribution in [2.45, 2.75) is 70.6 Å². The minimum atomic E-state index is 0.305. The molecule has 0 aromatic rings. The normalized spacial score (nSPS) is 38.8. The first-order valence-electron chi connectivity index (χ1n) is 9.65. The first kappa shape index (κ1) is 18.3. The molecule has 128 valence electrons. The van der Waals surface area contributed by atoms with Crippen LogP contribution in [0.15, 0.2) is 50.6 Å². The van der Waals surface area contributed by atoms with Crippen LogP contribution in [0.2, 0.25) is 0 Å². The lowest BCUT2D eigenvalue weighted by molar-refractivity contribution is 0.00532. The fourth-order valence-electron chi connectivity index (χ4n) is 5.43. The van der Waals surface area contributed by atoms with Gasteiger partial charge in [-0.25, -0.2) is 0 Å². The summed E-state index contributed by atoms with van der Waals surface area (Å²) in [4.78, 5) is 0. The van der Waals surface area contributed by atoms with Gasteiger partial charge < -0.3 is 0 Å². The van der Waals surface area contributed by atoms with Gasteiger partial charge in [0.1, 0.15) is 0 Å². The Hall–Kier alpha value is -1.04. The molecule has 2 saturated carbocycles. The molecule has 0 saturated heterocycles. The number of hydrogen-bond acceptors (Lipinski definition) is 0. The molecule has 2 aliphatic rings. The van der Waals surface area contributed by atoms with E-state index in [0.717, 1.165) is 12.3 Å². The van der Waals surface area contributed by atoms with Crippen LogP contribution in [0.3, 0.4) is 0 Å². The fourth-order valence-corrected chi connectivity index (χ4v) is 5.43. The molecule has 0 N–H and O–H groups in total. The maximum absolute atomic E-state index is 4.34. The Morgan fingerprint density at radius 2 is 1.26 bits per heavy atom. The molecule has 2 fully saturated rings. The lowest BCUT2D eigenvalue weighted by Gasteiger charge is -2.54. The van der Waals surface area contributed by atoms with E-state index in [-0.39, 0.29) is 0 Å². The van der Waals surface area contributed by atoms with Crippen LogP contribution < -0.4 is 0 Å². The molecule has 0 bridgehead atoms. The summed E-state index contributed by atoms with van der Waals surface area (Å²) >= 11 is 0. The molecule has 0 spiro atoms. The van der Waals surface area contributed by atoms with Gasteiger partial charge in [0.05, 0.1) is 0 Å². The topological polar surface area (TPSA) is 0 Å². The Balaban J connectivity index is 2.23. The zero-order valence-corrected chi connectivity index (χ0v) is 15.1. The molecule has 0 aromatic heterocycles. The van der Waals surface area contributed by atoms with Crippen LogP contribution in [0.1, 0.15) is 70.6 Å². The van der Waals surface area contributed by atoms with Crippen molar-refractivity contribution in [2.75, 3.05) is 0 Å². The van der Waals surface area contributed by atoms with Gasteiger partial charge in [0.15, 0.2) is 0 Å². The monoisotopic (exact) mass is 312 g/mol. The van der Waals surface area contributed by atoms with Crippen LogP contribution in [0.5, 0.6) is 0 Å². The fraction of sp³-hybridized carbons (Fsp3) is 0.652. The third kappa shape index (κ3) is 3.73. The second-order valence-electron chi connectivity index (χ2n) is 7.99. The maximum atomic E-state index is 4.34.